The minimum atomic E-state index is -0.0880. The topological polar surface area (TPSA) is 73.8 Å². The van der Waals surface area contributed by atoms with Crippen LogP contribution in [0.2, 0.25) is 0 Å². The van der Waals surface area contributed by atoms with Crippen molar-refractivity contribution in [2.45, 2.75) is 113 Å². The summed E-state index contributed by atoms with van der Waals surface area (Å²) in [6.45, 7) is 8.97. The van der Waals surface area contributed by atoms with Crippen molar-refractivity contribution in [1.82, 2.24) is 0 Å². The Morgan fingerprint density at radius 1 is 0.333 bits per heavy atom. The maximum atomic E-state index is 6.45. The van der Waals surface area contributed by atoms with Crippen molar-refractivity contribution in [1.29, 1.82) is 0 Å². The van der Waals surface area contributed by atoms with Gasteiger partial charge >= 0.3 is 0 Å². The van der Waals surface area contributed by atoms with Crippen molar-refractivity contribution < 1.29 is 37.9 Å². The largest absolute Gasteiger partial charge is 0.496 e. The highest BCUT2D eigenvalue weighted by Gasteiger charge is 2.36. The molecule has 0 radical (unpaired) electrons. The number of benzene rings is 4. The van der Waals surface area contributed by atoms with Crippen molar-refractivity contribution in [2.75, 3.05) is 69.4 Å². The molecule has 328 valence electrons. The Balaban J connectivity index is 2.15. The van der Waals surface area contributed by atoms with Crippen molar-refractivity contribution >= 4 is 23.5 Å². The van der Waals surface area contributed by atoms with Gasteiger partial charge in [-0.3, -0.25) is 0 Å². The van der Waals surface area contributed by atoms with Gasteiger partial charge in [-0.2, -0.15) is 0 Å². The van der Waals surface area contributed by atoms with E-state index in [1.54, 1.807) is 80.4 Å². The summed E-state index contributed by atoms with van der Waals surface area (Å²) in [5.74, 6) is 6.02. The second kappa shape index (κ2) is 21.7. The van der Waals surface area contributed by atoms with Crippen LogP contribution in [0.15, 0.2) is 46.2 Å². The molecule has 0 amide bonds. The van der Waals surface area contributed by atoms with Gasteiger partial charge in [0.1, 0.15) is 46.0 Å². The van der Waals surface area contributed by atoms with Crippen LogP contribution >= 0.6 is 23.5 Å². The van der Waals surface area contributed by atoms with Crippen LogP contribution in [-0.4, -0.2) is 69.4 Å². The summed E-state index contributed by atoms with van der Waals surface area (Å²) >= 11 is 3.31. The molecule has 0 heterocycles. The molecule has 4 aromatic rings. The van der Waals surface area contributed by atoms with Gasteiger partial charge in [-0.25, -0.2) is 0 Å². The van der Waals surface area contributed by atoms with Gasteiger partial charge in [0.15, 0.2) is 0 Å². The van der Waals surface area contributed by atoms with E-state index in [1.807, 2.05) is 0 Å². The maximum Gasteiger partial charge on any atom is 0.140 e. The average molecular weight is 861 g/mol. The zero-order valence-corrected chi connectivity index (χ0v) is 40.1. The Morgan fingerprint density at radius 2 is 0.550 bits per heavy atom. The summed E-state index contributed by atoms with van der Waals surface area (Å²) in [6, 6.07) is 13.6. The molecule has 0 aliphatic heterocycles. The summed E-state index contributed by atoms with van der Waals surface area (Å²) < 4.78 is 51.0. The van der Waals surface area contributed by atoms with Gasteiger partial charge in [-0.15, -0.1) is 23.5 Å². The van der Waals surface area contributed by atoms with Gasteiger partial charge in [0.2, 0.25) is 0 Å². The summed E-state index contributed by atoms with van der Waals surface area (Å²) in [7, 11) is 14.1. The summed E-state index contributed by atoms with van der Waals surface area (Å²) in [5.41, 5.74) is 8.73. The van der Waals surface area contributed by atoms with Crippen LogP contribution in [0.25, 0.3) is 0 Å². The van der Waals surface area contributed by atoms with Crippen LogP contribution in [0.5, 0.6) is 46.0 Å². The fourth-order valence-electron chi connectivity index (χ4n) is 9.63. The van der Waals surface area contributed by atoms with E-state index >= 15 is 0 Å². The van der Waals surface area contributed by atoms with E-state index in [0.717, 1.165) is 152 Å². The first-order valence-electron chi connectivity index (χ1n) is 21.4. The molecule has 0 aromatic heterocycles. The second-order valence-electron chi connectivity index (χ2n) is 15.3. The minimum Gasteiger partial charge on any atom is -0.496 e. The number of hydrogen-bond acceptors (Lipinski definition) is 10. The lowest BCUT2D eigenvalue weighted by atomic mass is 9.76. The first kappa shape index (κ1) is 47.0. The molecular formula is C50H68O8S2. The van der Waals surface area contributed by atoms with Crippen molar-refractivity contribution in [2.24, 2.45) is 0 Å². The zero-order chi connectivity index (χ0) is 43.7. The third-order valence-corrected chi connectivity index (χ3v) is 13.8. The smallest absolute Gasteiger partial charge is 0.140 e. The molecule has 8 nitrogen and oxygen atoms in total. The Morgan fingerprint density at radius 3 is 0.717 bits per heavy atom. The number of fused-ring (bicyclic) bond motifs is 8. The van der Waals surface area contributed by atoms with Gasteiger partial charge in [-0.1, -0.05) is 53.4 Å². The monoisotopic (exact) mass is 860 g/mol. The Kier molecular flexibility index (Phi) is 17.0. The predicted octanol–water partition coefficient (Wildman–Crippen LogP) is 13.2. The van der Waals surface area contributed by atoms with E-state index in [9.17, 15) is 0 Å². The predicted molar refractivity (Wildman–Crippen MR) is 249 cm³/mol. The third-order valence-electron chi connectivity index (χ3n) is 12.2. The van der Waals surface area contributed by atoms with Gasteiger partial charge < -0.3 is 37.9 Å². The van der Waals surface area contributed by atoms with Gasteiger partial charge in [0.25, 0.3) is 0 Å². The fourth-order valence-corrected chi connectivity index (χ4v) is 11.2. The molecule has 10 heteroatoms. The van der Waals surface area contributed by atoms with E-state index in [1.165, 1.54) is 0 Å². The van der Waals surface area contributed by atoms with Crippen LogP contribution in [0.4, 0.5) is 0 Å². The SMILES string of the molecule is CCCC1c2cc(c(OC)cc2OC)C(CCC)c2cc(c(OC)c(SC)c2OC)C(CCC)c2cc(c(OC)cc2OC)C(CCC)c2cc1c(OC)c(SC)c2OC. The number of hydrogen-bond donors (Lipinski definition) is 0. The summed E-state index contributed by atoms with van der Waals surface area (Å²) in [5, 5.41) is 0. The summed E-state index contributed by atoms with van der Waals surface area (Å²) in [4.78, 5) is 1.94. The van der Waals surface area contributed by atoms with Crippen molar-refractivity contribution in [3.05, 3.63) is 80.9 Å². The summed E-state index contributed by atoms with van der Waals surface area (Å²) in [6.07, 6.45) is 11.4. The lowest BCUT2D eigenvalue weighted by molar-refractivity contribution is 0.361. The molecule has 0 N–H and O–H groups in total. The highest BCUT2D eigenvalue weighted by atomic mass is 32.2. The fraction of sp³-hybridized carbons (Fsp3) is 0.520. The van der Waals surface area contributed by atoms with E-state index < -0.39 is 0 Å². The molecule has 5 rings (SSSR count). The molecule has 8 bridgehead atoms. The first-order valence-corrected chi connectivity index (χ1v) is 23.8. The van der Waals surface area contributed by atoms with Crippen molar-refractivity contribution in [3.63, 3.8) is 0 Å². The van der Waals surface area contributed by atoms with Crippen molar-refractivity contribution in [3.8, 4) is 46.0 Å². The molecule has 1 aliphatic rings. The number of rotatable bonds is 18. The van der Waals surface area contributed by atoms with Crippen LogP contribution in [0, 0.1) is 0 Å². The lowest BCUT2D eigenvalue weighted by Crippen LogP contribution is -2.15. The van der Waals surface area contributed by atoms with E-state index in [4.69, 9.17) is 37.9 Å². The molecule has 60 heavy (non-hydrogen) atoms. The number of methoxy groups -OCH3 is 8. The number of ether oxygens (including phenoxy) is 8. The molecule has 0 spiro atoms. The zero-order valence-electron chi connectivity index (χ0n) is 38.5. The highest BCUT2D eigenvalue weighted by molar-refractivity contribution is 7.99. The quantitative estimate of drug-likeness (QED) is 0.0903. The molecular weight excluding hydrogens is 793 g/mol. The Labute approximate surface area is 368 Å². The van der Waals surface area contributed by atoms with E-state index in [-0.39, 0.29) is 23.7 Å². The highest BCUT2D eigenvalue weighted by Crippen LogP contribution is 2.56. The standard InChI is InChI=1S/C50H68O8S2/c1-15-19-29-33-23-34(42(52-6)27-41(33)51-5)30(20-16-2)39-26-40(48(58-12)50(60-14)47(39)57-11)32(22-18-4)36-24-35(43(53-7)28-44(36)54-8)31(21-17-3)38-25-37(29)45(55-9)49(59-13)46(38)56-10/h23-32H,15-22H2,1-14H3. The first-order chi connectivity index (χ1) is 29.2. The molecule has 4 unspecified atom stereocenters. The average Bonchev–Trinajstić information content (AvgIpc) is 3.28. The van der Waals surface area contributed by atoms with Gasteiger partial charge in [-0.05, 0) is 62.5 Å². The molecule has 0 saturated heterocycles. The normalized spacial score (nSPS) is 17.2. The second-order valence-corrected chi connectivity index (χ2v) is 17.0. The maximum absolute atomic E-state index is 6.45. The molecule has 0 fully saturated rings. The molecule has 4 aromatic carbocycles. The molecule has 4 atom stereocenters. The molecule has 0 saturated carbocycles. The van der Waals surface area contributed by atoms with Crippen LogP contribution in [0.3, 0.4) is 0 Å². The minimum absolute atomic E-state index is 0.0880. The van der Waals surface area contributed by atoms with Gasteiger partial charge in [0, 0.05) is 80.3 Å². The Bertz CT molecular complexity index is 1810. The van der Waals surface area contributed by atoms with Crippen LogP contribution < -0.4 is 37.9 Å². The molecule has 1 aliphatic carbocycles. The van der Waals surface area contributed by atoms with Crippen LogP contribution in [-0.2, 0) is 0 Å². The number of thioether (sulfide) groups is 2. The van der Waals surface area contributed by atoms with E-state index in [0.29, 0.717) is 0 Å². The van der Waals surface area contributed by atoms with Gasteiger partial charge in [0.05, 0.1) is 66.7 Å². The van der Waals surface area contributed by atoms with E-state index in [2.05, 4.69) is 76.6 Å². The Hall–Kier alpha value is -4.02. The lowest BCUT2D eigenvalue weighted by Gasteiger charge is -2.32. The van der Waals surface area contributed by atoms with Crippen LogP contribution in [0.1, 0.15) is 147 Å². The third kappa shape index (κ3) is 8.70.